The Balaban J connectivity index is 2.12. The summed E-state index contributed by atoms with van der Waals surface area (Å²) in [4.78, 5) is 0. The number of benzene rings is 1. The van der Waals surface area contributed by atoms with Crippen LogP contribution in [0.1, 0.15) is 38.7 Å². The van der Waals surface area contributed by atoms with Gasteiger partial charge in [-0.3, -0.25) is 0 Å². The molecular weight excluding hydrogens is 281 g/mol. The zero-order valence-corrected chi connectivity index (χ0v) is 12.2. The number of hydrogen-bond acceptors (Lipinski definition) is 1. The van der Waals surface area contributed by atoms with Crippen molar-refractivity contribution in [3.8, 4) is 0 Å². The quantitative estimate of drug-likeness (QED) is 0.820. The Bertz CT molecular complexity index is 428. The number of halogens is 2. The average molecular weight is 300 g/mol. The summed E-state index contributed by atoms with van der Waals surface area (Å²) in [5, 5.41) is 3.54. The Morgan fingerprint density at radius 3 is 2.71 bits per heavy atom. The third kappa shape index (κ3) is 3.01. The predicted molar refractivity (Wildman–Crippen MR) is 73.9 cm³/mol. The molecule has 0 radical (unpaired) electrons. The van der Waals surface area contributed by atoms with Gasteiger partial charge in [0.1, 0.15) is 5.82 Å². The third-order valence-corrected chi connectivity index (χ3v) is 4.20. The van der Waals surface area contributed by atoms with Crippen LogP contribution in [-0.2, 0) is 0 Å². The molecule has 1 nitrogen and oxygen atoms in total. The Morgan fingerprint density at radius 2 is 2.12 bits per heavy atom. The van der Waals surface area contributed by atoms with E-state index in [9.17, 15) is 4.39 Å². The second kappa shape index (κ2) is 4.60. The first-order chi connectivity index (χ1) is 7.87. The van der Waals surface area contributed by atoms with Crippen LogP contribution >= 0.6 is 15.9 Å². The molecule has 1 fully saturated rings. The van der Waals surface area contributed by atoms with Crippen molar-refractivity contribution in [2.45, 2.75) is 46.1 Å². The van der Waals surface area contributed by atoms with Crippen LogP contribution < -0.4 is 5.32 Å². The van der Waals surface area contributed by atoms with E-state index in [4.69, 9.17) is 0 Å². The maximum absolute atomic E-state index is 13.3. The van der Waals surface area contributed by atoms with E-state index in [1.807, 2.05) is 13.0 Å². The lowest BCUT2D eigenvalue weighted by atomic mass is 9.92. The summed E-state index contributed by atoms with van der Waals surface area (Å²) >= 11 is 3.24. The van der Waals surface area contributed by atoms with Gasteiger partial charge in [-0.1, -0.05) is 13.8 Å². The molecule has 0 saturated heterocycles. The van der Waals surface area contributed by atoms with Crippen LogP contribution in [0, 0.1) is 18.2 Å². The fourth-order valence-electron chi connectivity index (χ4n) is 2.58. The van der Waals surface area contributed by atoms with Crippen molar-refractivity contribution in [2.75, 3.05) is 5.32 Å². The summed E-state index contributed by atoms with van der Waals surface area (Å²) < 4.78 is 13.9. The van der Waals surface area contributed by atoms with Crippen molar-refractivity contribution >= 4 is 21.6 Å². The summed E-state index contributed by atoms with van der Waals surface area (Å²) in [6, 6.07) is 3.93. The van der Waals surface area contributed by atoms with Crippen LogP contribution in [0.5, 0.6) is 0 Å². The topological polar surface area (TPSA) is 12.0 Å². The van der Waals surface area contributed by atoms with Crippen LogP contribution in [0.25, 0.3) is 0 Å². The summed E-state index contributed by atoms with van der Waals surface area (Å²) in [5.74, 6) is -0.195. The normalized spacial score (nSPS) is 22.8. The molecule has 94 valence electrons. The molecule has 0 bridgehead atoms. The van der Waals surface area contributed by atoms with Crippen LogP contribution in [-0.4, -0.2) is 6.04 Å². The van der Waals surface area contributed by atoms with E-state index in [0.29, 0.717) is 15.9 Å². The molecule has 1 saturated carbocycles. The molecule has 3 heteroatoms. The van der Waals surface area contributed by atoms with Crippen LogP contribution in [0.3, 0.4) is 0 Å². The number of hydrogen-bond donors (Lipinski definition) is 1. The molecule has 2 rings (SSSR count). The molecule has 1 aliphatic carbocycles. The summed E-state index contributed by atoms with van der Waals surface area (Å²) in [5.41, 5.74) is 2.44. The van der Waals surface area contributed by atoms with Gasteiger partial charge >= 0.3 is 0 Å². The molecule has 0 aliphatic heterocycles. The smallest absolute Gasteiger partial charge is 0.137 e. The zero-order chi connectivity index (χ0) is 12.6. The molecule has 0 aromatic heterocycles. The molecule has 1 unspecified atom stereocenters. The molecular formula is C14H19BrFN. The van der Waals surface area contributed by atoms with Crippen LogP contribution in [0.2, 0.25) is 0 Å². The summed E-state index contributed by atoms with van der Waals surface area (Å²) in [6.45, 7) is 6.56. The predicted octanol–water partition coefficient (Wildman–Crippen LogP) is 4.89. The Labute approximate surface area is 111 Å². The Morgan fingerprint density at radius 1 is 1.41 bits per heavy atom. The van der Waals surface area contributed by atoms with E-state index in [-0.39, 0.29) is 5.82 Å². The van der Waals surface area contributed by atoms with E-state index in [1.54, 1.807) is 6.07 Å². The van der Waals surface area contributed by atoms with E-state index < -0.39 is 0 Å². The number of aryl methyl sites for hydroxylation is 1. The highest BCUT2D eigenvalue weighted by Crippen LogP contribution is 2.39. The van der Waals surface area contributed by atoms with Crippen LogP contribution in [0.4, 0.5) is 10.1 Å². The van der Waals surface area contributed by atoms with E-state index in [1.165, 1.54) is 19.3 Å². The van der Waals surface area contributed by atoms with Gasteiger partial charge in [-0.25, -0.2) is 4.39 Å². The van der Waals surface area contributed by atoms with Crippen molar-refractivity contribution < 1.29 is 4.39 Å². The highest BCUT2D eigenvalue weighted by molar-refractivity contribution is 9.10. The number of rotatable bonds is 2. The standard InChI is InChI=1S/C14H19BrFN/c1-9-6-12(16)11(15)7-13(9)17-10-4-5-14(2,3)8-10/h6-7,10,17H,4-5,8H2,1-3H3. The van der Waals surface area contributed by atoms with Crippen molar-refractivity contribution in [1.29, 1.82) is 0 Å². The Kier molecular flexibility index (Phi) is 3.48. The van der Waals surface area contributed by atoms with E-state index in [2.05, 4.69) is 35.1 Å². The van der Waals surface area contributed by atoms with Crippen molar-refractivity contribution in [1.82, 2.24) is 0 Å². The second-order valence-corrected chi connectivity index (χ2v) is 6.68. The van der Waals surface area contributed by atoms with Crippen molar-refractivity contribution in [3.63, 3.8) is 0 Å². The molecule has 0 heterocycles. The van der Waals surface area contributed by atoms with Gasteiger partial charge in [-0.15, -0.1) is 0 Å². The fourth-order valence-corrected chi connectivity index (χ4v) is 2.92. The highest BCUT2D eigenvalue weighted by Gasteiger charge is 2.30. The SMILES string of the molecule is Cc1cc(F)c(Br)cc1NC1CCC(C)(C)C1. The first-order valence-electron chi connectivity index (χ1n) is 6.09. The molecule has 1 aromatic rings. The molecule has 1 atom stereocenters. The number of anilines is 1. The average Bonchev–Trinajstić information content (AvgIpc) is 2.54. The van der Waals surface area contributed by atoms with Gasteiger partial charge in [0.05, 0.1) is 4.47 Å². The van der Waals surface area contributed by atoms with Gasteiger partial charge in [0.2, 0.25) is 0 Å². The van der Waals surface area contributed by atoms with Gasteiger partial charge in [0.25, 0.3) is 0 Å². The van der Waals surface area contributed by atoms with Gasteiger partial charge < -0.3 is 5.32 Å². The fraction of sp³-hybridized carbons (Fsp3) is 0.571. The van der Waals surface area contributed by atoms with Gasteiger partial charge in [0, 0.05) is 11.7 Å². The molecule has 1 aliphatic rings. The lowest BCUT2D eigenvalue weighted by Crippen LogP contribution is -2.18. The first-order valence-corrected chi connectivity index (χ1v) is 6.89. The lowest BCUT2D eigenvalue weighted by Gasteiger charge is -2.20. The van der Waals surface area contributed by atoms with Crippen molar-refractivity contribution in [2.24, 2.45) is 5.41 Å². The van der Waals surface area contributed by atoms with Crippen LogP contribution in [0.15, 0.2) is 16.6 Å². The first kappa shape index (κ1) is 12.9. The van der Waals surface area contributed by atoms with Gasteiger partial charge in [-0.2, -0.15) is 0 Å². The molecule has 0 amide bonds. The van der Waals surface area contributed by atoms with Gasteiger partial charge in [0.15, 0.2) is 0 Å². The molecule has 0 spiro atoms. The highest BCUT2D eigenvalue weighted by atomic mass is 79.9. The minimum atomic E-state index is -0.195. The monoisotopic (exact) mass is 299 g/mol. The minimum Gasteiger partial charge on any atom is -0.382 e. The summed E-state index contributed by atoms with van der Waals surface area (Å²) in [6.07, 6.45) is 3.63. The maximum Gasteiger partial charge on any atom is 0.137 e. The van der Waals surface area contributed by atoms with E-state index in [0.717, 1.165) is 11.3 Å². The largest absolute Gasteiger partial charge is 0.382 e. The molecule has 17 heavy (non-hydrogen) atoms. The lowest BCUT2D eigenvalue weighted by molar-refractivity contribution is 0.378. The minimum absolute atomic E-state index is 0.195. The number of nitrogens with one attached hydrogen (secondary N) is 1. The maximum atomic E-state index is 13.3. The van der Waals surface area contributed by atoms with Gasteiger partial charge in [-0.05, 0) is 65.2 Å². The molecule has 1 aromatic carbocycles. The third-order valence-electron chi connectivity index (χ3n) is 3.60. The Hall–Kier alpha value is -0.570. The van der Waals surface area contributed by atoms with Crippen molar-refractivity contribution in [3.05, 3.63) is 28.0 Å². The second-order valence-electron chi connectivity index (χ2n) is 5.83. The molecule has 1 N–H and O–H groups in total. The van der Waals surface area contributed by atoms with E-state index >= 15 is 0 Å². The zero-order valence-electron chi connectivity index (χ0n) is 10.6. The summed E-state index contributed by atoms with van der Waals surface area (Å²) in [7, 11) is 0.